The molecular formula is C8H18N2O. The lowest BCUT2D eigenvalue weighted by Gasteiger charge is -2.00. The normalized spacial score (nSPS) is 11.7. The molecule has 0 aliphatic heterocycles. The third kappa shape index (κ3) is 5.85. The van der Waals surface area contributed by atoms with Gasteiger partial charge in [-0.1, -0.05) is 25.4 Å². The van der Waals surface area contributed by atoms with Crippen LogP contribution in [-0.2, 0) is 4.84 Å². The Morgan fingerprint density at radius 3 is 2.64 bits per heavy atom. The zero-order valence-corrected chi connectivity index (χ0v) is 7.47. The molecule has 0 aliphatic rings. The molecular weight excluding hydrogens is 140 g/mol. The van der Waals surface area contributed by atoms with E-state index in [1.807, 2.05) is 0 Å². The van der Waals surface area contributed by atoms with Gasteiger partial charge in [-0.2, -0.15) is 0 Å². The number of nitrogens with zero attached hydrogens (tertiary/aromatic N) is 1. The van der Waals surface area contributed by atoms with E-state index in [1.54, 1.807) is 0 Å². The molecule has 3 nitrogen and oxygen atoms in total. The van der Waals surface area contributed by atoms with Crippen molar-refractivity contribution in [2.45, 2.75) is 39.5 Å². The number of rotatable bonds is 6. The molecule has 0 radical (unpaired) electrons. The summed E-state index contributed by atoms with van der Waals surface area (Å²) in [4.78, 5) is 4.75. The van der Waals surface area contributed by atoms with Crippen molar-refractivity contribution in [2.75, 3.05) is 6.73 Å². The van der Waals surface area contributed by atoms with Crippen LogP contribution in [-0.4, -0.2) is 12.4 Å². The summed E-state index contributed by atoms with van der Waals surface area (Å²) in [6.45, 7) is 4.42. The van der Waals surface area contributed by atoms with Gasteiger partial charge < -0.3 is 4.84 Å². The predicted octanol–water partition coefficient (Wildman–Crippen LogP) is 1.88. The Morgan fingerprint density at radius 2 is 2.18 bits per heavy atom. The number of hydrogen-bond acceptors (Lipinski definition) is 3. The Bertz CT molecular complexity index is 113. The van der Waals surface area contributed by atoms with E-state index in [2.05, 4.69) is 19.0 Å². The molecule has 0 unspecified atom stereocenters. The highest BCUT2D eigenvalue weighted by Gasteiger charge is 1.95. The van der Waals surface area contributed by atoms with Gasteiger partial charge in [0, 0.05) is 0 Å². The molecule has 0 aromatic rings. The highest BCUT2D eigenvalue weighted by molar-refractivity contribution is 5.83. The van der Waals surface area contributed by atoms with Crippen LogP contribution in [0.25, 0.3) is 0 Å². The number of oxime groups is 1. The average molecular weight is 158 g/mol. The van der Waals surface area contributed by atoms with Gasteiger partial charge in [0.2, 0.25) is 0 Å². The number of hydrogen-bond donors (Lipinski definition) is 1. The van der Waals surface area contributed by atoms with Crippen LogP contribution in [0.2, 0.25) is 0 Å². The third-order valence-electron chi connectivity index (χ3n) is 1.50. The fraction of sp³-hybridized carbons (Fsp3) is 0.875. The van der Waals surface area contributed by atoms with E-state index in [9.17, 15) is 0 Å². The van der Waals surface area contributed by atoms with Crippen molar-refractivity contribution in [2.24, 2.45) is 10.9 Å². The monoisotopic (exact) mass is 158 g/mol. The van der Waals surface area contributed by atoms with E-state index in [0.717, 1.165) is 18.6 Å². The molecule has 2 N–H and O–H groups in total. The Kier molecular flexibility index (Phi) is 7.15. The van der Waals surface area contributed by atoms with Gasteiger partial charge in [-0.3, -0.25) is 5.73 Å². The second-order valence-corrected chi connectivity index (χ2v) is 2.41. The summed E-state index contributed by atoms with van der Waals surface area (Å²) >= 11 is 0. The Balaban J connectivity index is 3.55. The molecule has 0 spiro atoms. The topological polar surface area (TPSA) is 47.6 Å². The summed E-state index contributed by atoms with van der Waals surface area (Å²) in [6.07, 6.45) is 4.37. The molecule has 0 amide bonds. The Morgan fingerprint density at radius 1 is 1.45 bits per heavy atom. The van der Waals surface area contributed by atoms with E-state index in [-0.39, 0.29) is 6.73 Å². The van der Waals surface area contributed by atoms with Crippen LogP contribution in [0.3, 0.4) is 0 Å². The van der Waals surface area contributed by atoms with Gasteiger partial charge in [-0.15, -0.1) is 0 Å². The van der Waals surface area contributed by atoms with E-state index in [4.69, 9.17) is 10.6 Å². The van der Waals surface area contributed by atoms with Crippen molar-refractivity contribution >= 4 is 5.71 Å². The first-order chi connectivity index (χ1) is 5.35. The van der Waals surface area contributed by atoms with E-state index >= 15 is 0 Å². The summed E-state index contributed by atoms with van der Waals surface area (Å²) in [5.74, 6) is 0. The van der Waals surface area contributed by atoms with Gasteiger partial charge >= 0.3 is 0 Å². The molecule has 0 aromatic carbocycles. The van der Waals surface area contributed by atoms with Gasteiger partial charge in [-0.05, 0) is 19.3 Å². The van der Waals surface area contributed by atoms with Crippen molar-refractivity contribution in [3.63, 3.8) is 0 Å². The van der Waals surface area contributed by atoms with E-state index in [1.165, 1.54) is 12.8 Å². The summed E-state index contributed by atoms with van der Waals surface area (Å²) in [5.41, 5.74) is 6.24. The molecule has 0 bridgehead atoms. The van der Waals surface area contributed by atoms with Crippen molar-refractivity contribution in [3.05, 3.63) is 0 Å². The highest BCUT2D eigenvalue weighted by Crippen LogP contribution is 2.00. The van der Waals surface area contributed by atoms with Crippen LogP contribution < -0.4 is 5.73 Å². The summed E-state index contributed by atoms with van der Waals surface area (Å²) in [5, 5.41) is 3.89. The number of unbranched alkanes of at least 4 members (excludes halogenated alkanes) is 1. The lowest BCUT2D eigenvalue weighted by atomic mass is 10.1. The SMILES string of the molecule is CCCC/C(CC)=N/OCN. The molecule has 0 saturated carbocycles. The van der Waals surface area contributed by atoms with Crippen LogP contribution in [0.15, 0.2) is 5.16 Å². The van der Waals surface area contributed by atoms with Gasteiger partial charge in [0.15, 0.2) is 6.73 Å². The maximum atomic E-state index is 5.13. The van der Waals surface area contributed by atoms with Crippen molar-refractivity contribution in [3.8, 4) is 0 Å². The minimum absolute atomic E-state index is 0.176. The van der Waals surface area contributed by atoms with Crippen LogP contribution in [0.1, 0.15) is 39.5 Å². The Labute approximate surface area is 68.6 Å². The van der Waals surface area contributed by atoms with Crippen LogP contribution >= 0.6 is 0 Å². The number of nitrogens with two attached hydrogens (primary N) is 1. The standard InChI is InChI=1S/C8H18N2O/c1-3-5-6-8(4-2)10-11-7-9/h3-7,9H2,1-2H3/b10-8+. The summed E-state index contributed by atoms with van der Waals surface area (Å²) in [7, 11) is 0. The van der Waals surface area contributed by atoms with Gasteiger partial charge in [-0.25, -0.2) is 0 Å². The molecule has 0 fully saturated rings. The summed E-state index contributed by atoms with van der Waals surface area (Å²) < 4.78 is 0. The highest BCUT2D eigenvalue weighted by atomic mass is 16.6. The second-order valence-electron chi connectivity index (χ2n) is 2.41. The van der Waals surface area contributed by atoms with Crippen molar-refractivity contribution < 1.29 is 4.84 Å². The maximum Gasteiger partial charge on any atom is 0.165 e. The van der Waals surface area contributed by atoms with E-state index < -0.39 is 0 Å². The summed E-state index contributed by atoms with van der Waals surface area (Å²) in [6, 6.07) is 0. The molecule has 0 atom stereocenters. The zero-order valence-electron chi connectivity index (χ0n) is 7.47. The maximum absolute atomic E-state index is 5.13. The molecule has 0 saturated heterocycles. The quantitative estimate of drug-likeness (QED) is 0.364. The molecule has 0 aliphatic carbocycles. The van der Waals surface area contributed by atoms with Crippen molar-refractivity contribution in [1.82, 2.24) is 0 Å². The first-order valence-corrected chi connectivity index (χ1v) is 4.22. The van der Waals surface area contributed by atoms with Crippen LogP contribution in [0.4, 0.5) is 0 Å². The van der Waals surface area contributed by atoms with Crippen LogP contribution in [0.5, 0.6) is 0 Å². The fourth-order valence-corrected chi connectivity index (χ4v) is 0.796. The molecule has 11 heavy (non-hydrogen) atoms. The van der Waals surface area contributed by atoms with Gasteiger partial charge in [0.1, 0.15) is 0 Å². The molecule has 0 rings (SSSR count). The Hall–Kier alpha value is -0.570. The smallest absolute Gasteiger partial charge is 0.165 e. The largest absolute Gasteiger partial charge is 0.380 e. The average Bonchev–Trinajstić information content (AvgIpc) is 2.05. The zero-order chi connectivity index (χ0) is 8.53. The molecule has 66 valence electrons. The van der Waals surface area contributed by atoms with Gasteiger partial charge in [0.05, 0.1) is 5.71 Å². The minimum atomic E-state index is 0.176. The fourth-order valence-electron chi connectivity index (χ4n) is 0.796. The molecule has 0 heterocycles. The molecule has 3 heteroatoms. The van der Waals surface area contributed by atoms with Crippen LogP contribution in [0, 0.1) is 0 Å². The lowest BCUT2D eigenvalue weighted by Crippen LogP contribution is -2.03. The molecule has 0 aromatic heterocycles. The van der Waals surface area contributed by atoms with E-state index in [0.29, 0.717) is 0 Å². The minimum Gasteiger partial charge on any atom is -0.380 e. The first-order valence-electron chi connectivity index (χ1n) is 4.22. The first kappa shape index (κ1) is 10.4. The van der Waals surface area contributed by atoms with Gasteiger partial charge in [0.25, 0.3) is 0 Å². The lowest BCUT2D eigenvalue weighted by molar-refractivity contribution is 0.150. The van der Waals surface area contributed by atoms with Crippen molar-refractivity contribution in [1.29, 1.82) is 0 Å². The second kappa shape index (κ2) is 7.54. The third-order valence-corrected chi connectivity index (χ3v) is 1.50. The predicted molar refractivity (Wildman–Crippen MR) is 47.4 cm³/mol.